The molecule has 106 valence electrons. The Morgan fingerprint density at radius 1 is 1.28 bits per heavy atom. The Morgan fingerprint density at radius 3 is 2.39 bits per heavy atom. The number of hydroxylamine groups is 1. The van der Waals surface area contributed by atoms with Crippen molar-refractivity contribution in [2.75, 3.05) is 0 Å². The van der Waals surface area contributed by atoms with E-state index in [1.807, 2.05) is 20.8 Å². The quantitative estimate of drug-likeness (QED) is 0.449. The van der Waals surface area contributed by atoms with Gasteiger partial charge in [0.15, 0.2) is 0 Å². The van der Waals surface area contributed by atoms with E-state index in [1.54, 1.807) is 0 Å². The van der Waals surface area contributed by atoms with Crippen molar-refractivity contribution in [3.8, 4) is 0 Å². The van der Waals surface area contributed by atoms with E-state index >= 15 is 0 Å². The van der Waals surface area contributed by atoms with Gasteiger partial charge in [0, 0.05) is 6.42 Å². The highest BCUT2D eigenvalue weighted by molar-refractivity contribution is 5.74. The predicted molar refractivity (Wildman–Crippen MR) is 67.7 cm³/mol. The lowest BCUT2D eigenvalue weighted by Crippen LogP contribution is -2.33. The lowest BCUT2D eigenvalue weighted by atomic mass is 10.1. The summed E-state index contributed by atoms with van der Waals surface area (Å²) < 4.78 is 0. The summed E-state index contributed by atoms with van der Waals surface area (Å²) in [5, 5.41) is 8.57. The van der Waals surface area contributed by atoms with Gasteiger partial charge in [-0.3, -0.25) is 14.4 Å². The van der Waals surface area contributed by atoms with Crippen LogP contribution in [0.2, 0.25) is 0 Å². The van der Waals surface area contributed by atoms with E-state index in [0.717, 1.165) is 6.42 Å². The molecular weight excluding hydrogens is 236 g/mol. The Bertz CT molecular complexity index is 274. The number of amides is 1. The van der Waals surface area contributed by atoms with Gasteiger partial charge in [-0.1, -0.05) is 12.8 Å². The van der Waals surface area contributed by atoms with Gasteiger partial charge in [-0.25, -0.2) is 5.48 Å². The van der Waals surface area contributed by atoms with Crippen molar-refractivity contribution >= 4 is 11.9 Å². The lowest BCUT2D eigenvalue weighted by molar-refractivity contribution is -0.145. The van der Waals surface area contributed by atoms with Crippen LogP contribution in [0, 0.1) is 0 Å². The molecule has 0 rings (SSSR count). The van der Waals surface area contributed by atoms with Crippen LogP contribution in [0.1, 0.15) is 52.9 Å². The zero-order chi connectivity index (χ0) is 14.2. The maximum Gasteiger partial charge on any atom is 0.320 e. The molecule has 0 radical (unpaired) electrons. The number of carboxylic acid groups (broad SMARTS) is 1. The second-order valence-electron chi connectivity index (χ2n) is 5.28. The number of nitrogens with one attached hydrogen (secondary N) is 1. The largest absolute Gasteiger partial charge is 0.480 e. The van der Waals surface area contributed by atoms with E-state index in [1.165, 1.54) is 0 Å². The maximum absolute atomic E-state index is 11.3. The maximum atomic E-state index is 11.3. The number of carbonyl (C=O) groups excluding carboxylic acids is 1. The van der Waals surface area contributed by atoms with Crippen LogP contribution in [-0.4, -0.2) is 28.6 Å². The molecule has 0 aliphatic heterocycles. The van der Waals surface area contributed by atoms with E-state index in [-0.39, 0.29) is 5.91 Å². The molecule has 0 saturated heterocycles. The summed E-state index contributed by atoms with van der Waals surface area (Å²) >= 11 is 0. The highest BCUT2D eigenvalue weighted by Crippen LogP contribution is 2.07. The second-order valence-corrected chi connectivity index (χ2v) is 5.28. The minimum Gasteiger partial charge on any atom is -0.480 e. The molecule has 0 spiro atoms. The molecule has 18 heavy (non-hydrogen) atoms. The van der Waals surface area contributed by atoms with Crippen molar-refractivity contribution < 1.29 is 19.5 Å². The number of hydrogen-bond donors (Lipinski definition) is 3. The molecule has 0 aliphatic rings. The van der Waals surface area contributed by atoms with Crippen molar-refractivity contribution in [1.82, 2.24) is 5.48 Å². The average Bonchev–Trinajstić information content (AvgIpc) is 2.24. The summed E-state index contributed by atoms with van der Waals surface area (Å²) in [6, 6.07) is -0.803. The number of carbonyl (C=O) groups is 2. The highest BCUT2D eigenvalue weighted by atomic mass is 16.7. The first-order valence-corrected chi connectivity index (χ1v) is 6.17. The molecule has 6 nitrogen and oxygen atoms in total. The third-order valence-electron chi connectivity index (χ3n) is 2.21. The van der Waals surface area contributed by atoms with E-state index in [0.29, 0.717) is 25.7 Å². The van der Waals surface area contributed by atoms with Gasteiger partial charge < -0.3 is 10.8 Å². The molecule has 6 heteroatoms. The molecule has 0 aromatic rings. The third kappa shape index (κ3) is 10.0. The van der Waals surface area contributed by atoms with Crippen molar-refractivity contribution in [3.05, 3.63) is 0 Å². The molecule has 1 amide bonds. The Balaban J connectivity index is 3.49. The predicted octanol–water partition coefficient (Wildman–Crippen LogP) is 1.20. The number of aliphatic carboxylic acids is 1. The Kier molecular flexibility index (Phi) is 7.54. The summed E-state index contributed by atoms with van der Waals surface area (Å²) in [6.07, 6.45) is 3.00. The number of carboxylic acids is 1. The molecular formula is C12H24N2O4. The first kappa shape index (κ1) is 16.9. The van der Waals surface area contributed by atoms with Crippen LogP contribution in [0.5, 0.6) is 0 Å². The molecule has 0 bridgehead atoms. The van der Waals surface area contributed by atoms with Gasteiger partial charge in [-0.05, 0) is 33.6 Å². The minimum atomic E-state index is -0.980. The molecule has 0 aromatic heterocycles. The molecule has 0 aliphatic carbocycles. The molecule has 0 unspecified atom stereocenters. The molecule has 0 saturated carbocycles. The van der Waals surface area contributed by atoms with Crippen LogP contribution in [0.4, 0.5) is 0 Å². The highest BCUT2D eigenvalue weighted by Gasteiger charge is 2.13. The average molecular weight is 260 g/mol. The Hall–Kier alpha value is -1.14. The topological polar surface area (TPSA) is 102 Å². The zero-order valence-electron chi connectivity index (χ0n) is 11.4. The zero-order valence-corrected chi connectivity index (χ0v) is 11.4. The van der Waals surface area contributed by atoms with Crippen LogP contribution in [0.3, 0.4) is 0 Å². The Labute approximate surface area is 108 Å². The van der Waals surface area contributed by atoms with E-state index < -0.39 is 17.6 Å². The molecule has 0 heterocycles. The van der Waals surface area contributed by atoms with Gasteiger partial charge in [0.05, 0.1) is 5.60 Å². The van der Waals surface area contributed by atoms with Crippen molar-refractivity contribution in [2.45, 2.75) is 64.5 Å². The normalized spacial score (nSPS) is 13.1. The van der Waals surface area contributed by atoms with E-state index in [2.05, 4.69) is 5.48 Å². The summed E-state index contributed by atoms with van der Waals surface area (Å²) in [5.41, 5.74) is 7.34. The summed E-state index contributed by atoms with van der Waals surface area (Å²) in [7, 11) is 0. The van der Waals surface area contributed by atoms with Crippen LogP contribution < -0.4 is 11.2 Å². The van der Waals surface area contributed by atoms with Crippen molar-refractivity contribution in [1.29, 1.82) is 0 Å². The van der Waals surface area contributed by atoms with Crippen LogP contribution >= 0.6 is 0 Å². The third-order valence-corrected chi connectivity index (χ3v) is 2.21. The standard InChI is InChI=1S/C12H24N2O4/c1-12(2,3)18-14-10(15)8-6-4-5-7-9(13)11(16)17/h9H,4-8,13H2,1-3H3,(H,14,15)(H,16,17)/t9-/m0/s1. The van der Waals surface area contributed by atoms with Crippen LogP contribution in [-0.2, 0) is 14.4 Å². The van der Waals surface area contributed by atoms with Gasteiger partial charge in [0.2, 0.25) is 5.91 Å². The van der Waals surface area contributed by atoms with Crippen molar-refractivity contribution in [2.24, 2.45) is 5.73 Å². The molecule has 0 fully saturated rings. The van der Waals surface area contributed by atoms with Crippen molar-refractivity contribution in [3.63, 3.8) is 0 Å². The van der Waals surface area contributed by atoms with E-state index in [4.69, 9.17) is 15.7 Å². The lowest BCUT2D eigenvalue weighted by Gasteiger charge is -2.18. The minimum absolute atomic E-state index is 0.160. The van der Waals surface area contributed by atoms with Crippen LogP contribution in [0.15, 0.2) is 0 Å². The molecule has 1 atom stereocenters. The number of rotatable bonds is 8. The van der Waals surface area contributed by atoms with Gasteiger partial charge >= 0.3 is 5.97 Å². The number of unbranched alkanes of at least 4 members (excludes halogenated alkanes) is 2. The van der Waals surface area contributed by atoms with Gasteiger partial charge in [-0.2, -0.15) is 0 Å². The fourth-order valence-corrected chi connectivity index (χ4v) is 1.21. The number of nitrogens with two attached hydrogens (primary N) is 1. The van der Waals surface area contributed by atoms with Gasteiger partial charge in [0.1, 0.15) is 6.04 Å². The second kappa shape index (κ2) is 8.05. The first-order valence-electron chi connectivity index (χ1n) is 6.17. The first-order chi connectivity index (χ1) is 8.22. The Morgan fingerprint density at radius 2 is 1.89 bits per heavy atom. The molecule has 0 aromatic carbocycles. The summed E-state index contributed by atoms with van der Waals surface area (Å²) in [5.74, 6) is -1.14. The molecule has 4 N–H and O–H groups in total. The summed E-state index contributed by atoms with van der Waals surface area (Å²) in [4.78, 5) is 26.9. The fourth-order valence-electron chi connectivity index (χ4n) is 1.21. The van der Waals surface area contributed by atoms with E-state index in [9.17, 15) is 9.59 Å². The van der Waals surface area contributed by atoms with Crippen LogP contribution in [0.25, 0.3) is 0 Å². The monoisotopic (exact) mass is 260 g/mol. The van der Waals surface area contributed by atoms with Gasteiger partial charge in [0.25, 0.3) is 0 Å². The fraction of sp³-hybridized carbons (Fsp3) is 0.833. The summed E-state index contributed by atoms with van der Waals surface area (Å²) in [6.45, 7) is 5.54. The van der Waals surface area contributed by atoms with Gasteiger partial charge in [-0.15, -0.1) is 0 Å². The smallest absolute Gasteiger partial charge is 0.320 e. The number of hydrogen-bond acceptors (Lipinski definition) is 4. The SMILES string of the molecule is CC(C)(C)ONC(=O)CCCCC[C@H](N)C(=O)O.